The molecule has 0 atom stereocenters. The Balaban J connectivity index is 0.00000256. The Labute approximate surface area is 177 Å². The molecule has 0 unspecified atom stereocenters. The van der Waals surface area contributed by atoms with E-state index in [1.807, 2.05) is 54.1 Å². The summed E-state index contributed by atoms with van der Waals surface area (Å²) in [4.78, 5) is 21.5. The van der Waals surface area contributed by atoms with E-state index < -0.39 is 9.85 Å². The molecule has 0 fully saturated rings. The number of hydrogen-bond acceptors (Lipinski definition) is 5. The Morgan fingerprint density at radius 1 is 0.833 bits per heavy atom. The van der Waals surface area contributed by atoms with Crippen molar-refractivity contribution in [2.24, 2.45) is 7.05 Å². The lowest BCUT2D eigenvalue weighted by Crippen LogP contribution is -3.00. The van der Waals surface area contributed by atoms with Crippen LogP contribution in [0.3, 0.4) is 0 Å². The smallest absolute Gasteiger partial charge is 0.277 e. The van der Waals surface area contributed by atoms with Crippen LogP contribution in [0.1, 0.15) is 0 Å². The summed E-state index contributed by atoms with van der Waals surface area (Å²) >= 11 is 0. The van der Waals surface area contributed by atoms with Crippen molar-refractivity contribution in [3.05, 3.63) is 80.9 Å². The number of aromatic nitrogens is 1. The number of para-hydroxylation sites is 1. The molecule has 0 spiro atoms. The summed E-state index contributed by atoms with van der Waals surface area (Å²) in [6.45, 7) is 0. The third-order valence-electron chi connectivity index (χ3n) is 4.97. The highest BCUT2D eigenvalue weighted by Crippen LogP contribution is 2.36. The van der Waals surface area contributed by atoms with Crippen molar-refractivity contribution >= 4 is 33.1 Å². The molecule has 3 aromatic carbocycles. The number of aryl methyl sites for hydroxylation is 1. The molecule has 9 heteroatoms. The number of hydrogen-bond donors (Lipinski definition) is 0. The minimum atomic E-state index is -0.625. The molecular weight excluding hydrogens is 410 g/mol. The van der Waals surface area contributed by atoms with E-state index in [-0.39, 0.29) is 23.8 Å². The topological polar surface area (TPSA) is 99.4 Å². The first-order chi connectivity index (χ1) is 13.9. The zero-order valence-corrected chi connectivity index (χ0v) is 16.8. The molecular formula is C21H16ClN3O5. The number of pyridine rings is 1. The third kappa shape index (κ3) is 3.37. The molecule has 152 valence electrons. The number of nitrogens with zero attached hydrogens (tertiary/aromatic N) is 3. The third-order valence-corrected chi connectivity index (χ3v) is 4.97. The molecule has 0 amide bonds. The van der Waals surface area contributed by atoms with Gasteiger partial charge in [-0.15, -0.1) is 0 Å². The highest BCUT2D eigenvalue weighted by Gasteiger charge is 2.25. The van der Waals surface area contributed by atoms with Crippen LogP contribution < -0.4 is 21.7 Å². The fourth-order valence-corrected chi connectivity index (χ4v) is 3.67. The van der Waals surface area contributed by atoms with Crippen LogP contribution in [0.15, 0.2) is 60.7 Å². The van der Waals surface area contributed by atoms with Crippen molar-refractivity contribution in [3.8, 4) is 17.0 Å². The monoisotopic (exact) mass is 425 g/mol. The quantitative estimate of drug-likeness (QED) is 0.212. The van der Waals surface area contributed by atoms with E-state index in [9.17, 15) is 20.2 Å². The Morgan fingerprint density at radius 3 is 2.07 bits per heavy atom. The fourth-order valence-electron chi connectivity index (χ4n) is 3.67. The lowest BCUT2D eigenvalue weighted by atomic mass is 9.98. The van der Waals surface area contributed by atoms with Gasteiger partial charge in [0.05, 0.1) is 39.4 Å². The van der Waals surface area contributed by atoms with E-state index in [2.05, 4.69) is 0 Å². The molecule has 0 radical (unpaired) electrons. The van der Waals surface area contributed by atoms with Crippen molar-refractivity contribution < 1.29 is 31.6 Å². The number of benzene rings is 3. The largest absolute Gasteiger partial charge is 1.00 e. The molecule has 8 nitrogen and oxygen atoms in total. The summed E-state index contributed by atoms with van der Waals surface area (Å²) in [5.74, 6) is 0.619. The lowest BCUT2D eigenvalue weighted by Gasteiger charge is -2.11. The molecule has 1 aromatic heterocycles. The van der Waals surface area contributed by atoms with Gasteiger partial charge in [-0.05, 0) is 24.3 Å². The van der Waals surface area contributed by atoms with E-state index in [4.69, 9.17) is 4.74 Å². The van der Waals surface area contributed by atoms with E-state index >= 15 is 0 Å². The molecule has 1 heterocycles. The minimum Gasteiger partial charge on any atom is -1.00 e. The predicted octanol–water partition coefficient (Wildman–Crippen LogP) is 1.31. The maximum Gasteiger partial charge on any atom is 0.277 e. The van der Waals surface area contributed by atoms with Crippen molar-refractivity contribution in [2.45, 2.75) is 0 Å². The fraction of sp³-hybridized carbons (Fsp3) is 0.0952. The van der Waals surface area contributed by atoms with Crippen molar-refractivity contribution in [1.82, 2.24) is 0 Å². The van der Waals surface area contributed by atoms with Gasteiger partial charge in [-0.2, -0.15) is 4.57 Å². The summed E-state index contributed by atoms with van der Waals surface area (Å²) in [6, 6.07) is 17.0. The lowest BCUT2D eigenvalue weighted by molar-refractivity contribution is -0.632. The molecule has 4 aromatic rings. The van der Waals surface area contributed by atoms with E-state index in [0.29, 0.717) is 17.0 Å². The van der Waals surface area contributed by atoms with Crippen LogP contribution in [0.25, 0.3) is 32.9 Å². The maximum absolute atomic E-state index is 11.4. The predicted molar refractivity (Wildman–Crippen MR) is 108 cm³/mol. The van der Waals surface area contributed by atoms with Gasteiger partial charge in [-0.1, -0.05) is 12.1 Å². The average molecular weight is 426 g/mol. The number of nitro benzene ring substituents is 2. The highest BCUT2D eigenvalue weighted by atomic mass is 35.5. The van der Waals surface area contributed by atoms with Crippen molar-refractivity contribution in [1.29, 1.82) is 0 Å². The summed E-state index contributed by atoms with van der Waals surface area (Å²) in [6.07, 6.45) is 0. The van der Waals surface area contributed by atoms with Crippen LogP contribution in [-0.2, 0) is 7.05 Å². The van der Waals surface area contributed by atoms with Crippen LogP contribution in [0, 0.1) is 20.2 Å². The number of halogens is 1. The molecule has 0 saturated carbocycles. The second kappa shape index (κ2) is 7.92. The Hall–Kier alpha value is -3.78. The van der Waals surface area contributed by atoms with Gasteiger partial charge in [0.1, 0.15) is 12.8 Å². The number of rotatable bonds is 4. The maximum atomic E-state index is 11.4. The molecule has 30 heavy (non-hydrogen) atoms. The van der Waals surface area contributed by atoms with Crippen LogP contribution in [0.2, 0.25) is 0 Å². The van der Waals surface area contributed by atoms with Gasteiger partial charge in [0, 0.05) is 23.6 Å². The van der Waals surface area contributed by atoms with Gasteiger partial charge in [-0.25, -0.2) is 0 Å². The van der Waals surface area contributed by atoms with Gasteiger partial charge < -0.3 is 17.1 Å². The van der Waals surface area contributed by atoms with Gasteiger partial charge in [0.2, 0.25) is 11.2 Å². The summed E-state index contributed by atoms with van der Waals surface area (Å²) in [5, 5.41) is 25.4. The van der Waals surface area contributed by atoms with Gasteiger partial charge in [-0.3, -0.25) is 20.2 Å². The summed E-state index contributed by atoms with van der Waals surface area (Å²) in [5.41, 5.74) is 1.24. The van der Waals surface area contributed by atoms with Gasteiger partial charge in [0.15, 0.2) is 0 Å². The molecule has 0 aliphatic rings. The molecule has 0 N–H and O–H groups in total. The van der Waals surface area contributed by atoms with E-state index in [0.717, 1.165) is 27.7 Å². The first-order valence-electron chi connectivity index (χ1n) is 8.73. The van der Waals surface area contributed by atoms with Crippen LogP contribution in [-0.4, -0.2) is 17.0 Å². The molecule has 0 aliphatic carbocycles. The van der Waals surface area contributed by atoms with Crippen LogP contribution in [0.4, 0.5) is 11.4 Å². The second-order valence-electron chi connectivity index (χ2n) is 6.59. The first kappa shape index (κ1) is 20.9. The summed E-state index contributed by atoms with van der Waals surface area (Å²) < 4.78 is 7.25. The van der Waals surface area contributed by atoms with Gasteiger partial charge >= 0.3 is 0 Å². The first-order valence-corrected chi connectivity index (χ1v) is 8.73. The van der Waals surface area contributed by atoms with E-state index in [1.165, 1.54) is 12.1 Å². The Kier molecular flexibility index (Phi) is 5.53. The van der Waals surface area contributed by atoms with Crippen molar-refractivity contribution in [3.63, 3.8) is 0 Å². The molecule has 4 rings (SSSR count). The normalized spacial score (nSPS) is 10.6. The second-order valence-corrected chi connectivity index (χ2v) is 6.59. The van der Waals surface area contributed by atoms with Crippen LogP contribution in [0.5, 0.6) is 5.75 Å². The zero-order valence-electron chi connectivity index (χ0n) is 16.0. The molecule has 0 bridgehead atoms. The van der Waals surface area contributed by atoms with Crippen LogP contribution >= 0.6 is 0 Å². The number of fused-ring (bicyclic) bond motifs is 3. The van der Waals surface area contributed by atoms with Gasteiger partial charge in [0.25, 0.3) is 11.4 Å². The molecule has 0 saturated heterocycles. The van der Waals surface area contributed by atoms with Crippen molar-refractivity contribution in [2.75, 3.05) is 7.11 Å². The number of ether oxygens (including phenoxy) is 1. The molecule has 0 aliphatic heterocycles. The Bertz CT molecular complexity index is 1290. The minimum absolute atomic E-state index is 0. The number of nitro groups is 2. The summed E-state index contributed by atoms with van der Waals surface area (Å²) in [7, 11) is 3.39. The number of methoxy groups -OCH3 is 1. The van der Waals surface area contributed by atoms with E-state index in [1.54, 1.807) is 7.11 Å². The SMILES string of the molecule is COc1ccc2c(c1)c(-c1cc([N+](=O)[O-])cc([N+](=O)[O-])c1)[n+](C)c1ccccc21.[Cl-]. The average Bonchev–Trinajstić information content (AvgIpc) is 2.73. The highest BCUT2D eigenvalue weighted by molar-refractivity contribution is 6.09. The Morgan fingerprint density at radius 2 is 1.47 bits per heavy atom. The standard InChI is InChI=1S/C21H16N3O5.ClH/c1-22-20-6-4-3-5-18(20)17-8-7-16(29-2)12-19(17)21(22)13-9-14(23(25)26)11-15(10-13)24(27)28;/h3-12H,1-2H3;1H/q+1;/p-1. The zero-order chi connectivity index (χ0) is 20.7. The number of non-ortho nitro benzene ring substituents is 2.